The summed E-state index contributed by atoms with van der Waals surface area (Å²) in [5, 5.41) is 0. The van der Waals surface area contributed by atoms with E-state index in [1.807, 2.05) is 23.1 Å². The van der Waals surface area contributed by atoms with Crippen LogP contribution in [-0.2, 0) is 0 Å². The Bertz CT molecular complexity index is 230. The topological polar surface area (TPSA) is 3.24 Å². The van der Waals surface area contributed by atoms with Gasteiger partial charge in [-0.25, -0.2) is 0 Å². The highest BCUT2D eigenvalue weighted by molar-refractivity contribution is 8.01. The first-order valence-corrected chi connectivity index (χ1v) is 5.82. The highest BCUT2D eigenvalue weighted by Crippen LogP contribution is 2.26. The molecule has 0 atom stereocenters. The van der Waals surface area contributed by atoms with Gasteiger partial charge in [-0.15, -0.1) is 23.1 Å². The second kappa shape index (κ2) is 4.90. The van der Waals surface area contributed by atoms with Crippen molar-refractivity contribution in [2.45, 2.75) is 11.1 Å². The fourth-order valence-electron chi connectivity index (χ4n) is 0.818. The maximum Gasteiger partial charge on any atom is 0.0601 e. The fraction of sp³-hybridized carbons (Fsp3) is 0.556. The van der Waals surface area contributed by atoms with Crippen LogP contribution in [0, 0.1) is 6.92 Å². The predicted octanol–water partition coefficient (Wildman–Crippen LogP) is 2.71. The van der Waals surface area contributed by atoms with Gasteiger partial charge in [0.15, 0.2) is 0 Å². The number of hydrogen-bond donors (Lipinski definition) is 0. The zero-order chi connectivity index (χ0) is 8.97. The Morgan fingerprint density at radius 3 is 2.67 bits per heavy atom. The summed E-state index contributed by atoms with van der Waals surface area (Å²) in [6.07, 6.45) is 0. The molecule has 1 aromatic heterocycles. The Labute approximate surface area is 82.8 Å². The molecule has 0 aliphatic heterocycles. The molecule has 1 aromatic rings. The Hall–Kier alpha value is 0.01000. The predicted molar refractivity (Wildman–Crippen MR) is 58.3 cm³/mol. The van der Waals surface area contributed by atoms with E-state index in [0.717, 1.165) is 6.54 Å². The number of hydrogen-bond acceptors (Lipinski definition) is 3. The molecule has 68 valence electrons. The van der Waals surface area contributed by atoms with Crippen LogP contribution in [0.15, 0.2) is 16.3 Å². The molecule has 0 saturated carbocycles. The van der Waals surface area contributed by atoms with Gasteiger partial charge in [-0.2, -0.15) is 0 Å². The molecule has 0 aliphatic rings. The molecule has 12 heavy (non-hydrogen) atoms. The van der Waals surface area contributed by atoms with Gasteiger partial charge in [0.1, 0.15) is 0 Å². The Morgan fingerprint density at radius 2 is 2.17 bits per heavy atom. The Balaban J connectivity index is 2.24. The molecule has 1 rings (SSSR count). The molecule has 0 N–H and O–H groups in total. The van der Waals surface area contributed by atoms with Crippen molar-refractivity contribution >= 4 is 23.1 Å². The van der Waals surface area contributed by atoms with E-state index in [0.29, 0.717) is 0 Å². The molecule has 0 amide bonds. The van der Waals surface area contributed by atoms with Crippen LogP contribution in [-0.4, -0.2) is 31.3 Å². The van der Waals surface area contributed by atoms with E-state index in [9.17, 15) is 0 Å². The van der Waals surface area contributed by atoms with E-state index < -0.39 is 0 Å². The van der Waals surface area contributed by atoms with Crippen LogP contribution in [0.4, 0.5) is 0 Å². The first-order chi connectivity index (χ1) is 5.68. The van der Waals surface area contributed by atoms with Gasteiger partial charge in [0.2, 0.25) is 0 Å². The summed E-state index contributed by atoms with van der Waals surface area (Å²) in [6, 6.07) is 4.39. The minimum atomic E-state index is 1.15. The summed E-state index contributed by atoms with van der Waals surface area (Å²) in [6.45, 7) is 3.31. The third kappa shape index (κ3) is 3.61. The van der Waals surface area contributed by atoms with Crippen LogP contribution in [0.3, 0.4) is 0 Å². The van der Waals surface area contributed by atoms with Gasteiger partial charge < -0.3 is 4.90 Å². The van der Waals surface area contributed by atoms with Gasteiger partial charge in [0.05, 0.1) is 4.21 Å². The number of nitrogens with zero attached hydrogens (tertiary/aromatic N) is 1. The lowest BCUT2D eigenvalue weighted by atomic mass is 10.5. The van der Waals surface area contributed by atoms with Gasteiger partial charge in [0, 0.05) is 17.2 Å². The number of rotatable bonds is 4. The maximum absolute atomic E-state index is 2.22. The number of thioether (sulfide) groups is 1. The quantitative estimate of drug-likeness (QED) is 0.689. The molecule has 0 saturated heterocycles. The van der Waals surface area contributed by atoms with E-state index in [1.165, 1.54) is 14.8 Å². The van der Waals surface area contributed by atoms with Crippen molar-refractivity contribution < 1.29 is 0 Å². The lowest BCUT2D eigenvalue weighted by molar-refractivity contribution is 0.437. The highest BCUT2D eigenvalue weighted by Gasteiger charge is 1.97. The molecule has 0 radical (unpaired) electrons. The zero-order valence-corrected chi connectivity index (χ0v) is 9.47. The summed E-state index contributed by atoms with van der Waals surface area (Å²) >= 11 is 3.83. The molecule has 0 unspecified atom stereocenters. The average molecular weight is 201 g/mol. The first-order valence-electron chi connectivity index (χ1n) is 4.02. The highest BCUT2D eigenvalue weighted by atomic mass is 32.2. The van der Waals surface area contributed by atoms with Crippen LogP contribution in [0.1, 0.15) is 4.88 Å². The van der Waals surface area contributed by atoms with E-state index in [2.05, 4.69) is 38.1 Å². The molecule has 3 heteroatoms. The van der Waals surface area contributed by atoms with E-state index in [4.69, 9.17) is 0 Å². The van der Waals surface area contributed by atoms with Crippen LogP contribution in [0.2, 0.25) is 0 Å². The fourth-order valence-corrected chi connectivity index (χ4v) is 3.11. The standard InChI is InChI=1S/C9H15NS2/c1-8-4-5-9(12-8)11-7-6-10(2)3/h4-5H,6-7H2,1-3H3. The van der Waals surface area contributed by atoms with Crippen LogP contribution >= 0.6 is 23.1 Å². The Kier molecular flexibility index (Phi) is 4.12. The molecule has 1 heterocycles. The van der Waals surface area contributed by atoms with Gasteiger partial charge in [-0.05, 0) is 33.2 Å². The monoisotopic (exact) mass is 201 g/mol. The van der Waals surface area contributed by atoms with Crippen molar-refractivity contribution in [3.8, 4) is 0 Å². The van der Waals surface area contributed by atoms with Gasteiger partial charge in [0.25, 0.3) is 0 Å². The second-order valence-corrected chi connectivity index (χ2v) is 5.70. The summed E-state index contributed by atoms with van der Waals surface area (Å²) < 4.78 is 1.44. The third-order valence-electron chi connectivity index (χ3n) is 1.50. The average Bonchev–Trinajstić information content (AvgIpc) is 2.35. The molecule has 0 aliphatic carbocycles. The molecular formula is C9H15NS2. The molecule has 0 spiro atoms. The molecular weight excluding hydrogens is 186 g/mol. The lowest BCUT2D eigenvalue weighted by Gasteiger charge is -2.07. The summed E-state index contributed by atoms with van der Waals surface area (Å²) in [5.74, 6) is 1.19. The van der Waals surface area contributed by atoms with Crippen molar-refractivity contribution in [1.29, 1.82) is 0 Å². The van der Waals surface area contributed by atoms with Crippen molar-refractivity contribution in [3.63, 3.8) is 0 Å². The van der Waals surface area contributed by atoms with E-state index in [1.54, 1.807) is 0 Å². The maximum atomic E-state index is 2.22. The summed E-state index contributed by atoms with van der Waals surface area (Å²) in [7, 11) is 4.22. The molecule has 0 bridgehead atoms. The number of aryl methyl sites for hydroxylation is 1. The molecule has 1 nitrogen and oxygen atoms in total. The molecule has 0 aromatic carbocycles. The van der Waals surface area contributed by atoms with Crippen LogP contribution in [0.25, 0.3) is 0 Å². The smallest absolute Gasteiger partial charge is 0.0601 e. The van der Waals surface area contributed by atoms with Crippen LogP contribution < -0.4 is 0 Å². The summed E-state index contributed by atoms with van der Waals surface area (Å²) in [4.78, 5) is 3.62. The normalized spacial score (nSPS) is 11.0. The third-order valence-corrected chi connectivity index (χ3v) is 3.70. The Morgan fingerprint density at radius 1 is 1.42 bits per heavy atom. The van der Waals surface area contributed by atoms with Crippen LogP contribution in [0.5, 0.6) is 0 Å². The first kappa shape index (κ1) is 10.1. The van der Waals surface area contributed by atoms with Gasteiger partial charge in [-0.3, -0.25) is 0 Å². The zero-order valence-electron chi connectivity index (χ0n) is 7.83. The minimum absolute atomic E-state index is 1.15. The van der Waals surface area contributed by atoms with Gasteiger partial charge >= 0.3 is 0 Å². The van der Waals surface area contributed by atoms with Crippen molar-refractivity contribution in [2.24, 2.45) is 0 Å². The minimum Gasteiger partial charge on any atom is -0.309 e. The van der Waals surface area contributed by atoms with E-state index >= 15 is 0 Å². The lowest BCUT2D eigenvalue weighted by Crippen LogP contribution is -2.14. The summed E-state index contributed by atoms with van der Waals surface area (Å²) in [5.41, 5.74) is 0. The SMILES string of the molecule is Cc1ccc(SCCN(C)C)s1. The number of thiophene rings is 1. The van der Waals surface area contributed by atoms with Crippen molar-refractivity contribution in [2.75, 3.05) is 26.4 Å². The van der Waals surface area contributed by atoms with Gasteiger partial charge in [-0.1, -0.05) is 0 Å². The van der Waals surface area contributed by atoms with Crippen molar-refractivity contribution in [3.05, 3.63) is 17.0 Å². The van der Waals surface area contributed by atoms with E-state index in [-0.39, 0.29) is 0 Å². The van der Waals surface area contributed by atoms with Crippen molar-refractivity contribution in [1.82, 2.24) is 4.90 Å². The molecule has 0 fully saturated rings. The largest absolute Gasteiger partial charge is 0.309 e. The second-order valence-electron chi connectivity index (χ2n) is 3.02.